The molecule has 1 aromatic rings. The Hall–Kier alpha value is -1.63. The van der Waals surface area contributed by atoms with Gasteiger partial charge in [0.05, 0.1) is 0 Å². The van der Waals surface area contributed by atoms with E-state index in [4.69, 9.17) is 0 Å². The third-order valence-corrected chi connectivity index (χ3v) is 5.26. The normalized spacial score (nSPS) is 29.1. The van der Waals surface area contributed by atoms with Gasteiger partial charge in [0, 0.05) is 6.54 Å². The van der Waals surface area contributed by atoms with Crippen LogP contribution in [-0.2, 0) is 4.79 Å². The van der Waals surface area contributed by atoms with Crippen LogP contribution in [0.3, 0.4) is 0 Å². The number of rotatable bonds is 3. The van der Waals surface area contributed by atoms with Gasteiger partial charge in [0.15, 0.2) is 0 Å². The first kappa shape index (κ1) is 14.0. The zero-order valence-electron chi connectivity index (χ0n) is 11.8. The molecule has 0 bridgehead atoms. The van der Waals surface area contributed by atoms with Gasteiger partial charge in [-0.3, -0.25) is 9.69 Å². The summed E-state index contributed by atoms with van der Waals surface area (Å²) in [6, 6.07) is 3.28. The Morgan fingerprint density at radius 1 is 1.36 bits per heavy atom. The molecule has 2 N–H and O–H groups in total. The number of carbonyl (C=O) groups is 2. The van der Waals surface area contributed by atoms with Crippen LogP contribution in [0.15, 0.2) is 16.7 Å². The van der Waals surface area contributed by atoms with Crippen molar-refractivity contribution in [3.8, 4) is 0 Å². The largest absolute Gasteiger partial charge is 0.465 e. The average Bonchev–Trinajstić information content (AvgIpc) is 3.37. The molecule has 0 radical (unpaired) electrons. The smallest absolute Gasteiger partial charge is 0.407 e. The summed E-state index contributed by atoms with van der Waals surface area (Å²) < 4.78 is 0.665. The van der Waals surface area contributed by atoms with Gasteiger partial charge in [-0.15, -0.1) is 0 Å². The van der Waals surface area contributed by atoms with Crippen LogP contribution >= 0.6 is 15.9 Å². The molecule has 0 spiro atoms. The lowest BCUT2D eigenvalue weighted by molar-refractivity contribution is -0.120. The molecule has 22 heavy (non-hydrogen) atoms. The molecule has 6 nitrogen and oxygen atoms in total. The van der Waals surface area contributed by atoms with Gasteiger partial charge >= 0.3 is 6.09 Å². The lowest BCUT2D eigenvalue weighted by Crippen LogP contribution is -2.45. The SMILES string of the molecule is O=C(Nc1nc(Br)ccc1C1CC1)[C@@H]1[C@@H]2C[C@@H]2CN1C(=O)O. The van der Waals surface area contributed by atoms with Crippen molar-refractivity contribution < 1.29 is 14.7 Å². The van der Waals surface area contributed by atoms with E-state index >= 15 is 0 Å². The van der Waals surface area contributed by atoms with Gasteiger partial charge in [-0.2, -0.15) is 0 Å². The molecule has 3 atom stereocenters. The summed E-state index contributed by atoms with van der Waals surface area (Å²) in [6.45, 7) is 0.472. The number of likely N-dealkylation sites (tertiary alicyclic amines) is 1. The van der Waals surface area contributed by atoms with Crippen molar-refractivity contribution in [2.75, 3.05) is 11.9 Å². The zero-order chi connectivity index (χ0) is 15.4. The number of amides is 2. The van der Waals surface area contributed by atoms with Crippen LogP contribution in [0.25, 0.3) is 0 Å². The maximum atomic E-state index is 12.6. The van der Waals surface area contributed by atoms with Gasteiger partial charge < -0.3 is 10.4 Å². The number of carbonyl (C=O) groups excluding carboxylic acids is 1. The molecule has 2 aliphatic carbocycles. The molecule has 2 amide bonds. The lowest BCUT2D eigenvalue weighted by Gasteiger charge is -2.24. The highest BCUT2D eigenvalue weighted by Gasteiger charge is 2.57. The molecule has 7 heteroatoms. The molecule has 116 valence electrons. The van der Waals surface area contributed by atoms with E-state index in [2.05, 4.69) is 26.2 Å². The van der Waals surface area contributed by atoms with Gasteiger partial charge in [-0.05, 0) is 64.6 Å². The van der Waals surface area contributed by atoms with Crippen LogP contribution in [-0.4, -0.2) is 39.6 Å². The Morgan fingerprint density at radius 2 is 2.14 bits per heavy atom. The van der Waals surface area contributed by atoms with Crippen molar-refractivity contribution in [2.24, 2.45) is 11.8 Å². The van der Waals surface area contributed by atoms with Crippen LogP contribution in [0.2, 0.25) is 0 Å². The minimum Gasteiger partial charge on any atom is -0.465 e. The average molecular weight is 366 g/mol. The predicted molar refractivity (Wildman–Crippen MR) is 82.7 cm³/mol. The highest BCUT2D eigenvalue weighted by molar-refractivity contribution is 9.10. The quantitative estimate of drug-likeness (QED) is 0.806. The van der Waals surface area contributed by atoms with Crippen molar-refractivity contribution in [1.82, 2.24) is 9.88 Å². The summed E-state index contributed by atoms with van der Waals surface area (Å²) in [5.41, 5.74) is 1.05. The Labute approximate surface area is 136 Å². The van der Waals surface area contributed by atoms with E-state index in [9.17, 15) is 14.7 Å². The zero-order valence-corrected chi connectivity index (χ0v) is 13.4. The van der Waals surface area contributed by atoms with E-state index in [1.54, 1.807) is 0 Å². The van der Waals surface area contributed by atoms with Crippen molar-refractivity contribution in [3.63, 3.8) is 0 Å². The topological polar surface area (TPSA) is 82.5 Å². The molecule has 3 aliphatic rings. The van der Waals surface area contributed by atoms with Crippen LogP contribution in [0, 0.1) is 11.8 Å². The number of carboxylic acid groups (broad SMARTS) is 1. The first-order valence-electron chi connectivity index (χ1n) is 7.51. The van der Waals surface area contributed by atoms with Gasteiger partial charge in [0.1, 0.15) is 16.5 Å². The standard InChI is InChI=1S/C15H16BrN3O3/c16-11-4-3-9(7-1-2-7)13(17-11)18-14(20)12-10-5-8(10)6-19(12)15(21)22/h3-4,7-8,10,12H,1-2,5-6H2,(H,21,22)(H,17,18,20)/t8-,10-,12+/m1/s1. The predicted octanol–water partition coefficient (Wildman–Crippen LogP) is 2.66. The summed E-state index contributed by atoms with van der Waals surface area (Å²) in [7, 11) is 0. The fourth-order valence-corrected chi connectivity index (χ4v) is 3.77. The second-order valence-corrected chi connectivity index (χ2v) is 7.19. The first-order chi connectivity index (χ1) is 10.5. The summed E-state index contributed by atoms with van der Waals surface area (Å²) in [5.74, 6) is 1.30. The number of piperidine rings is 1. The summed E-state index contributed by atoms with van der Waals surface area (Å²) in [6.07, 6.45) is 2.16. The number of pyridine rings is 1. The third kappa shape index (κ3) is 2.37. The Bertz CT molecular complexity index is 661. The van der Waals surface area contributed by atoms with E-state index in [1.165, 1.54) is 4.90 Å². The summed E-state index contributed by atoms with van der Waals surface area (Å²) in [4.78, 5) is 29.5. The second kappa shape index (κ2) is 4.94. The third-order valence-electron chi connectivity index (χ3n) is 4.82. The van der Waals surface area contributed by atoms with Gasteiger partial charge in [0.25, 0.3) is 0 Å². The second-order valence-electron chi connectivity index (χ2n) is 6.37. The number of anilines is 1. The minimum atomic E-state index is -1.02. The maximum Gasteiger partial charge on any atom is 0.407 e. The van der Waals surface area contributed by atoms with Crippen LogP contribution < -0.4 is 5.32 Å². The van der Waals surface area contributed by atoms with Crippen molar-refractivity contribution in [2.45, 2.75) is 31.2 Å². The number of nitrogens with one attached hydrogen (secondary N) is 1. The molecule has 1 aromatic heterocycles. The Kier molecular flexibility index (Phi) is 3.14. The highest BCUT2D eigenvalue weighted by atomic mass is 79.9. The minimum absolute atomic E-state index is 0.174. The number of aromatic nitrogens is 1. The number of halogens is 1. The number of fused-ring (bicyclic) bond motifs is 1. The van der Waals surface area contributed by atoms with Gasteiger partial charge in [-0.1, -0.05) is 6.07 Å². The number of hydrogen-bond acceptors (Lipinski definition) is 3. The molecular formula is C15H16BrN3O3. The van der Waals surface area contributed by atoms with Crippen LogP contribution in [0.4, 0.5) is 10.6 Å². The van der Waals surface area contributed by atoms with Crippen molar-refractivity contribution >= 4 is 33.7 Å². The number of hydrogen-bond donors (Lipinski definition) is 2. The van der Waals surface area contributed by atoms with E-state index in [1.807, 2.05) is 12.1 Å². The molecule has 2 heterocycles. The Morgan fingerprint density at radius 3 is 2.82 bits per heavy atom. The fourth-order valence-electron chi connectivity index (χ4n) is 3.46. The monoisotopic (exact) mass is 365 g/mol. The molecule has 2 saturated carbocycles. The fraction of sp³-hybridized carbons (Fsp3) is 0.533. The molecule has 0 unspecified atom stereocenters. The molecule has 4 rings (SSSR count). The molecule has 3 fully saturated rings. The maximum absolute atomic E-state index is 12.6. The molecule has 1 saturated heterocycles. The first-order valence-corrected chi connectivity index (χ1v) is 8.31. The van der Waals surface area contributed by atoms with Gasteiger partial charge in [0.2, 0.25) is 5.91 Å². The van der Waals surface area contributed by atoms with E-state index < -0.39 is 12.1 Å². The summed E-state index contributed by atoms with van der Waals surface area (Å²) >= 11 is 3.33. The Balaban J connectivity index is 1.57. The van der Waals surface area contributed by atoms with Gasteiger partial charge in [-0.25, -0.2) is 9.78 Å². The van der Waals surface area contributed by atoms with E-state index in [-0.39, 0.29) is 11.8 Å². The lowest BCUT2D eigenvalue weighted by atomic mass is 10.1. The van der Waals surface area contributed by atoms with Crippen LogP contribution in [0.1, 0.15) is 30.7 Å². The molecular weight excluding hydrogens is 350 g/mol. The van der Waals surface area contributed by atoms with Crippen LogP contribution in [0.5, 0.6) is 0 Å². The molecule has 1 aliphatic heterocycles. The van der Waals surface area contributed by atoms with E-state index in [0.29, 0.717) is 28.8 Å². The molecule has 0 aromatic carbocycles. The van der Waals surface area contributed by atoms with E-state index in [0.717, 1.165) is 24.8 Å². The highest BCUT2D eigenvalue weighted by Crippen LogP contribution is 2.50. The summed E-state index contributed by atoms with van der Waals surface area (Å²) in [5, 5.41) is 12.1. The van der Waals surface area contributed by atoms with Crippen molar-refractivity contribution in [3.05, 3.63) is 22.3 Å². The van der Waals surface area contributed by atoms with Crippen molar-refractivity contribution in [1.29, 1.82) is 0 Å². The number of nitrogens with zero attached hydrogens (tertiary/aromatic N) is 2.